The molecule has 1 aromatic rings. The maximum atomic E-state index is 10.6. The fourth-order valence-electron chi connectivity index (χ4n) is 1.49. The predicted octanol–water partition coefficient (Wildman–Crippen LogP) is 0.505. The first-order valence-corrected chi connectivity index (χ1v) is 5.67. The van der Waals surface area contributed by atoms with Crippen molar-refractivity contribution in [3.63, 3.8) is 0 Å². The Morgan fingerprint density at radius 1 is 1.59 bits per heavy atom. The zero-order chi connectivity index (χ0) is 12.7. The van der Waals surface area contributed by atoms with Crippen LogP contribution >= 0.6 is 0 Å². The number of tetrazole rings is 1. The average molecular weight is 242 g/mol. The normalized spacial score (nSPS) is 12.6. The van der Waals surface area contributed by atoms with E-state index < -0.39 is 12.1 Å². The number of carboxylic acid groups (broad SMARTS) is 1. The van der Waals surface area contributed by atoms with E-state index in [2.05, 4.69) is 22.4 Å². The van der Waals surface area contributed by atoms with E-state index in [-0.39, 0.29) is 6.42 Å². The van der Waals surface area contributed by atoms with E-state index in [0.29, 0.717) is 6.54 Å². The molecule has 0 saturated heterocycles. The first-order valence-electron chi connectivity index (χ1n) is 5.67. The van der Waals surface area contributed by atoms with Crippen molar-refractivity contribution in [1.29, 1.82) is 0 Å². The highest BCUT2D eigenvalue weighted by molar-refractivity contribution is 5.67. The van der Waals surface area contributed by atoms with Gasteiger partial charge in [0.1, 0.15) is 0 Å². The van der Waals surface area contributed by atoms with Gasteiger partial charge in [-0.1, -0.05) is 13.3 Å². The first-order chi connectivity index (χ1) is 8.17. The van der Waals surface area contributed by atoms with Gasteiger partial charge in [0, 0.05) is 13.5 Å². The van der Waals surface area contributed by atoms with Crippen LogP contribution in [0, 0.1) is 0 Å². The molecule has 1 heterocycles. The molecule has 0 bridgehead atoms. The van der Waals surface area contributed by atoms with Crippen LogP contribution in [0.15, 0.2) is 0 Å². The van der Waals surface area contributed by atoms with Crippen molar-refractivity contribution >= 4 is 5.97 Å². The highest BCUT2D eigenvalue weighted by Crippen LogP contribution is 2.05. The molecule has 0 aliphatic carbocycles. The summed E-state index contributed by atoms with van der Waals surface area (Å²) in [6.45, 7) is 2.46. The summed E-state index contributed by atoms with van der Waals surface area (Å²) in [6.07, 6.45) is 2.42. The standard InChI is InChI=1S/C10H18N4O3/c1-3-4-5-9-11-12-13-14(9)7-8(17-2)6-10(15)16/h8H,3-7H2,1-2H3,(H,15,16). The van der Waals surface area contributed by atoms with Gasteiger partial charge in [-0.3, -0.25) is 4.79 Å². The lowest BCUT2D eigenvalue weighted by molar-refractivity contribution is -0.140. The molecule has 0 aromatic carbocycles. The molecule has 1 atom stereocenters. The number of rotatable bonds is 8. The molecule has 17 heavy (non-hydrogen) atoms. The molecule has 1 rings (SSSR count). The van der Waals surface area contributed by atoms with Gasteiger partial charge in [0.15, 0.2) is 5.82 Å². The summed E-state index contributed by atoms with van der Waals surface area (Å²) in [6, 6.07) is 0. The van der Waals surface area contributed by atoms with Crippen molar-refractivity contribution in [2.24, 2.45) is 0 Å². The number of aryl methyl sites for hydroxylation is 1. The fraction of sp³-hybridized carbons (Fsp3) is 0.800. The van der Waals surface area contributed by atoms with E-state index in [1.807, 2.05) is 0 Å². The van der Waals surface area contributed by atoms with Gasteiger partial charge < -0.3 is 9.84 Å². The van der Waals surface area contributed by atoms with E-state index in [1.54, 1.807) is 4.68 Å². The van der Waals surface area contributed by atoms with Crippen molar-refractivity contribution in [1.82, 2.24) is 20.2 Å². The molecule has 7 heteroatoms. The highest BCUT2D eigenvalue weighted by atomic mass is 16.5. The molecule has 0 spiro atoms. The van der Waals surface area contributed by atoms with Crippen LogP contribution in [0.2, 0.25) is 0 Å². The number of hydrogen-bond donors (Lipinski definition) is 1. The first kappa shape index (κ1) is 13.6. The lowest BCUT2D eigenvalue weighted by Gasteiger charge is -2.13. The molecule has 1 aromatic heterocycles. The number of carboxylic acids is 1. The Labute approximate surface area is 99.8 Å². The number of carbonyl (C=O) groups is 1. The highest BCUT2D eigenvalue weighted by Gasteiger charge is 2.16. The molecule has 7 nitrogen and oxygen atoms in total. The third-order valence-corrected chi connectivity index (χ3v) is 2.47. The summed E-state index contributed by atoms with van der Waals surface area (Å²) < 4.78 is 6.71. The molecule has 0 amide bonds. The molecule has 96 valence electrons. The second-order valence-corrected chi connectivity index (χ2v) is 3.84. The molecule has 1 N–H and O–H groups in total. The zero-order valence-corrected chi connectivity index (χ0v) is 10.2. The van der Waals surface area contributed by atoms with Gasteiger partial charge in [-0.25, -0.2) is 4.68 Å². The summed E-state index contributed by atoms with van der Waals surface area (Å²) >= 11 is 0. The van der Waals surface area contributed by atoms with Gasteiger partial charge in [0.05, 0.1) is 19.1 Å². The minimum atomic E-state index is -0.889. The van der Waals surface area contributed by atoms with Crippen LogP contribution in [0.25, 0.3) is 0 Å². The van der Waals surface area contributed by atoms with Gasteiger partial charge in [-0.15, -0.1) is 5.10 Å². The lowest BCUT2D eigenvalue weighted by atomic mass is 10.2. The van der Waals surface area contributed by atoms with Crippen LogP contribution in [0.4, 0.5) is 0 Å². The molecule has 0 saturated carbocycles. The Kier molecular flexibility index (Phi) is 5.55. The van der Waals surface area contributed by atoms with E-state index in [4.69, 9.17) is 9.84 Å². The summed E-state index contributed by atoms with van der Waals surface area (Å²) in [5.41, 5.74) is 0. The summed E-state index contributed by atoms with van der Waals surface area (Å²) in [7, 11) is 1.49. The molecule has 0 aliphatic heterocycles. The van der Waals surface area contributed by atoms with E-state index in [0.717, 1.165) is 25.1 Å². The predicted molar refractivity (Wildman–Crippen MR) is 59.5 cm³/mol. The van der Waals surface area contributed by atoms with Crippen molar-refractivity contribution in [3.05, 3.63) is 5.82 Å². The van der Waals surface area contributed by atoms with Gasteiger partial charge in [-0.2, -0.15) is 0 Å². The zero-order valence-electron chi connectivity index (χ0n) is 10.2. The fourth-order valence-corrected chi connectivity index (χ4v) is 1.49. The lowest BCUT2D eigenvalue weighted by Crippen LogP contribution is -2.24. The van der Waals surface area contributed by atoms with Crippen molar-refractivity contribution in [3.8, 4) is 0 Å². The van der Waals surface area contributed by atoms with Crippen molar-refractivity contribution in [2.75, 3.05) is 7.11 Å². The van der Waals surface area contributed by atoms with Crippen LogP contribution in [-0.4, -0.2) is 44.5 Å². The smallest absolute Gasteiger partial charge is 0.306 e. The van der Waals surface area contributed by atoms with E-state index in [1.165, 1.54) is 7.11 Å². The maximum Gasteiger partial charge on any atom is 0.306 e. The number of unbranched alkanes of at least 4 members (excludes halogenated alkanes) is 1. The number of hydrogen-bond acceptors (Lipinski definition) is 5. The van der Waals surface area contributed by atoms with Gasteiger partial charge in [0.25, 0.3) is 0 Å². The minimum Gasteiger partial charge on any atom is -0.481 e. The minimum absolute atomic E-state index is 0.0520. The van der Waals surface area contributed by atoms with Crippen LogP contribution in [0.5, 0.6) is 0 Å². The second-order valence-electron chi connectivity index (χ2n) is 3.84. The van der Waals surface area contributed by atoms with Gasteiger partial charge in [0.2, 0.25) is 0 Å². The number of methoxy groups -OCH3 is 1. The van der Waals surface area contributed by atoms with Crippen LogP contribution in [-0.2, 0) is 22.5 Å². The van der Waals surface area contributed by atoms with E-state index in [9.17, 15) is 4.79 Å². The summed E-state index contributed by atoms with van der Waals surface area (Å²) in [5, 5.41) is 20.1. The molecule has 0 aliphatic rings. The number of ether oxygens (including phenoxy) is 1. The molecule has 1 unspecified atom stereocenters. The van der Waals surface area contributed by atoms with Gasteiger partial charge in [-0.05, 0) is 16.8 Å². The summed E-state index contributed by atoms with van der Waals surface area (Å²) in [4.78, 5) is 10.6. The largest absolute Gasteiger partial charge is 0.481 e. The Morgan fingerprint density at radius 2 is 2.35 bits per heavy atom. The van der Waals surface area contributed by atoms with E-state index >= 15 is 0 Å². The molecule has 0 radical (unpaired) electrons. The Hall–Kier alpha value is -1.50. The monoisotopic (exact) mass is 242 g/mol. The molecular formula is C10H18N4O3. The molecular weight excluding hydrogens is 224 g/mol. The number of aliphatic carboxylic acids is 1. The Morgan fingerprint density at radius 3 is 2.94 bits per heavy atom. The Balaban J connectivity index is 2.59. The third kappa shape index (κ3) is 4.48. The second kappa shape index (κ2) is 6.95. The van der Waals surface area contributed by atoms with Crippen LogP contribution in [0.3, 0.4) is 0 Å². The Bertz CT molecular complexity index is 353. The van der Waals surface area contributed by atoms with Crippen LogP contribution in [0.1, 0.15) is 32.0 Å². The van der Waals surface area contributed by atoms with Gasteiger partial charge >= 0.3 is 5.97 Å². The summed E-state index contributed by atoms with van der Waals surface area (Å²) in [5.74, 6) is -0.112. The SMILES string of the molecule is CCCCc1nnnn1CC(CC(=O)O)OC. The topological polar surface area (TPSA) is 90.1 Å². The van der Waals surface area contributed by atoms with Crippen molar-refractivity contribution < 1.29 is 14.6 Å². The third-order valence-electron chi connectivity index (χ3n) is 2.47. The maximum absolute atomic E-state index is 10.6. The quantitative estimate of drug-likeness (QED) is 0.714. The average Bonchev–Trinajstić information content (AvgIpc) is 2.72. The van der Waals surface area contributed by atoms with Crippen LogP contribution < -0.4 is 0 Å². The number of aromatic nitrogens is 4. The molecule has 0 fully saturated rings. The number of nitrogens with zero attached hydrogens (tertiary/aromatic N) is 4. The van der Waals surface area contributed by atoms with Crippen molar-refractivity contribution in [2.45, 2.75) is 45.3 Å².